The minimum Gasteiger partial charge on any atom is -0.465 e. The quantitative estimate of drug-likeness (QED) is 0.431. The third-order valence-corrected chi connectivity index (χ3v) is 5.05. The summed E-state index contributed by atoms with van der Waals surface area (Å²) in [5.74, 6) is -0.593. The number of benzene rings is 2. The van der Waals surface area contributed by atoms with Crippen LogP contribution in [0.25, 0.3) is 44.8 Å². The van der Waals surface area contributed by atoms with Crippen LogP contribution in [-0.4, -0.2) is 33.0 Å². The first-order valence-corrected chi connectivity index (χ1v) is 9.43. The topological polar surface area (TPSA) is 114 Å². The number of aromatic amines is 2. The summed E-state index contributed by atoms with van der Waals surface area (Å²) in [4.78, 5) is 39.9. The molecule has 8 heteroatoms. The van der Waals surface area contributed by atoms with E-state index in [2.05, 4.69) is 19.9 Å². The molecule has 2 aromatic carbocycles. The fraction of sp³-hybridized carbons (Fsp3) is 0.0435. The highest BCUT2D eigenvalue weighted by molar-refractivity contribution is 5.99. The number of carbonyl (C=O) groups is 1. The molecule has 0 radical (unpaired) electrons. The Morgan fingerprint density at radius 1 is 0.903 bits per heavy atom. The normalized spacial score (nSPS) is 11.0. The van der Waals surface area contributed by atoms with Crippen LogP contribution in [0.3, 0.4) is 0 Å². The Hall–Kier alpha value is -4.46. The molecule has 0 atom stereocenters. The van der Waals surface area contributed by atoms with Crippen LogP contribution < -0.4 is 5.43 Å². The molecule has 2 N–H and O–H groups in total. The molecule has 5 rings (SSSR count). The van der Waals surface area contributed by atoms with E-state index in [-0.39, 0.29) is 16.7 Å². The molecule has 0 amide bonds. The van der Waals surface area contributed by atoms with Gasteiger partial charge in [-0.15, -0.1) is 0 Å². The lowest BCUT2D eigenvalue weighted by Crippen LogP contribution is -2.18. The van der Waals surface area contributed by atoms with Crippen molar-refractivity contribution >= 4 is 16.9 Å². The van der Waals surface area contributed by atoms with E-state index in [9.17, 15) is 9.59 Å². The standard InChI is InChI=1S/C23H16N4O4/c1-30-23(29)20-21(28)16-8-15(18-10-25-12-27-18)6-7-19(16)31-22(20)14-4-2-13(3-5-14)17-9-24-11-26-17/h2-12H,1H3,(H,24,26)(H,25,27). The van der Waals surface area contributed by atoms with E-state index in [4.69, 9.17) is 9.15 Å². The van der Waals surface area contributed by atoms with Gasteiger partial charge in [-0.3, -0.25) is 4.79 Å². The summed E-state index contributed by atoms with van der Waals surface area (Å²) in [6, 6.07) is 12.5. The van der Waals surface area contributed by atoms with E-state index < -0.39 is 11.4 Å². The zero-order valence-electron chi connectivity index (χ0n) is 16.4. The Kier molecular flexibility index (Phi) is 4.44. The van der Waals surface area contributed by atoms with Gasteiger partial charge in [0.05, 0.1) is 48.9 Å². The zero-order chi connectivity index (χ0) is 21.4. The van der Waals surface area contributed by atoms with Crippen LogP contribution in [0.4, 0.5) is 0 Å². The van der Waals surface area contributed by atoms with E-state index in [1.807, 2.05) is 18.2 Å². The van der Waals surface area contributed by atoms with Gasteiger partial charge in [0.2, 0.25) is 5.43 Å². The van der Waals surface area contributed by atoms with Crippen molar-refractivity contribution in [1.29, 1.82) is 0 Å². The van der Waals surface area contributed by atoms with Gasteiger partial charge >= 0.3 is 5.97 Å². The molecule has 8 nitrogen and oxygen atoms in total. The van der Waals surface area contributed by atoms with E-state index >= 15 is 0 Å². The lowest BCUT2D eigenvalue weighted by molar-refractivity contribution is 0.0598. The number of nitrogens with zero attached hydrogens (tertiary/aromatic N) is 2. The highest BCUT2D eigenvalue weighted by Crippen LogP contribution is 2.30. The third-order valence-electron chi connectivity index (χ3n) is 5.05. The summed E-state index contributed by atoms with van der Waals surface area (Å²) >= 11 is 0. The summed E-state index contributed by atoms with van der Waals surface area (Å²) in [7, 11) is 1.23. The highest BCUT2D eigenvalue weighted by Gasteiger charge is 2.23. The van der Waals surface area contributed by atoms with Crippen LogP contribution in [0.1, 0.15) is 10.4 Å². The third kappa shape index (κ3) is 3.20. The molecule has 0 saturated heterocycles. The number of imidazole rings is 2. The number of esters is 1. The van der Waals surface area contributed by atoms with Gasteiger partial charge in [-0.25, -0.2) is 14.8 Å². The molecule has 0 bridgehead atoms. The molecule has 0 fully saturated rings. The Balaban J connectivity index is 1.69. The summed E-state index contributed by atoms with van der Waals surface area (Å²) < 4.78 is 10.9. The summed E-state index contributed by atoms with van der Waals surface area (Å²) in [6.07, 6.45) is 6.51. The van der Waals surface area contributed by atoms with Crippen molar-refractivity contribution in [2.75, 3.05) is 7.11 Å². The Morgan fingerprint density at radius 2 is 1.52 bits per heavy atom. The lowest BCUT2D eigenvalue weighted by atomic mass is 10.0. The second kappa shape index (κ2) is 7.42. The molecule has 5 aromatic rings. The minimum absolute atomic E-state index is 0.147. The SMILES string of the molecule is COC(=O)c1c(-c2ccc(-c3cnc[nH]3)cc2)oc2ccc(-c3cnc[nH]3)cc2c1=O. The van der Waals surface area contributed by atoms with Crippen molar-refractivity contribution in [2.24, 2.45) is 0 Å². The van der Waals surface area contributed by atoms with Gasteiger partial charge in [-0.2, -0.15) is 0 Å². The Labute approximate surface area is 175 Å². The number of aromatic nitrogens is 4. The van der Waals surface area contributed by atoms with Gasteiger partial charge in [0.15, 0.2) is 11.3 Å². The molecule has 0 spiro atoms. The predicted molar refractivity (Wildman–Crippen MR) is 114 cm³/mol. The number of hydrogen-bond acceptors (Lipinski definition) is 6. The van der Waals surface area contributed by atoms with Crippen LogP contribution in [-0.2, 0) is 4.74 Å². The monoisotopic (exact) mass is 412 g/mol. The number of nitrogens with one attached hydrogen (secondary N) is 2. The maximum Gasteiger partial charge on any atom is 0.345 e. The number of ether oxygens (including phenoxy) is 1. The number of hydrogen-bond donors (Lipinski definition) is 2. The van der Waals surface area contributed by atoms with Gasteiger partial charge in [0.25, 0.3) is 0 Å². The minimum atomic E-state index is -0.754. The average Bonchev–Trinajstić information content (AvgIpc) is 3.53. The van der Waals surface area contributed by atoms with Gasteiger partial charge in [0, 0.05) is 11.1 Å². The molecule has 0 saturated carbocycles. The van der Waals surface area contributed by atoms with Gasteiger partial charge in [-0.1, -0.05) is 24.3 Å². The lowest BCUT2D eigenvalue weighted by Gasteiger charge is -2.10. The maximum atomic E-state index is 13.3. The van der Waals surface area contributed by atoms with Gasteiger partial charge in [0.1, 0.15) is 5.58 Å². The first kappa shape index (κ1) is 18.6. The van der Waals surface area contributed by atoms with E-state index in [1.54, 1.807) is 49.3 Å². The number of methoxy groups -OCH3 is 1. The molecule has 0 aliphatic heterocycles. The molecular weight excluding hydrogens is 396 g/mol. The molecular formula is C23H16N4O4. The molecule has 0 unspecified atom stereocenters. The first-order chi connectivity index (χ1) is 15.2. The smallest absolute Gasteiger partial charge is 0.345 e. The summed E-state index contributed by atoms with van der Waals surface area (Å²) in [5, 5.41) is 0.283. The number of fused-ring (bicyclic) bond motifs is 1. The Morgan fingerprint density at radius 3 is 2.13 bits per heavy atom. The molecule has 3 aromatic heterocycles. The van der Waals surface area contributed by atoms with Crippen molar-refractivity contribution in [3.63, 3.8) is 0 Å². The fourth-order valence-electron chi connectivity index (χ4n) is 3.48. The van der Waals surface area contributed by atoms with Gasteiger partial charge < -0.3 is 19.1 Å². The number of H-pyrrole nitrogens is 2. The van der Waals surface area contributed by atoms with Crippen molar-refractivity contribution in [3.8, 4) is 33.8 Å². The molecule has 0 aliphatic carbocycles. The van der Waals surface area contributed by atoms with E-state index in [1.165, 1.54) is 7.11 Å². The van der Waals surface area contributed by atoms with Crippen molar-refractivity contribution < 1.29 is 13.9 Å². The Bertz CT molecular complexity index is 1430. The second-order valence-electron chi connectivity index (χ2n) is 6.85. The fourth-order valence-corrected chi connectivity index (χ4v) is 3.48. The first-order valence-electron chi connectivity index (χ1n) is 9.43. The molecule has 0 aliphatic rings. The van der Waals surface area contributed by atoms with E-state index in [0.29, 0.717) is 11.1 Å². The number of rotatable bonds is 4. The second-order valence-corrected chi connectivity index (χ2v) is 6.85. The van der Waals surface area contributed by atoms with Crippen LogP contribution in [0, 0.1) is 0 Å². The molecule has 3 heterocycles. The van der Waals surface area contributed by atoms with Gasteiger partial charge in [-0.05, 0) is 23.8 Å². The van der Waals surface area contributed by atoms with Crippen LogP contribution >= 0.6 is 0 Å². The maximum absolute atomic E-state index is 13.3. The molecule has 31 heavy (non-hydrogen) atoms. The number of carbonyl (C=O) groups excluding carboxylic acids is 1. The van der Waals surface area contributed by atoms with Crippen molar-refractivity contribution in [1.82, 2.24) is 19.9 Å². The summed E-state index contributed by atoms with van der Waals surface area (Å²) in [5.41, 5.74) is 3.62. The van der Waals surface area contributed by atoms with Crippen LogP contribution in [0.2, 0.25) is 0 Å². The van der Waals surface area contributed by atoms with Crippen LogP contribution in [0.5, 0.6) is 0 Å². The van der Waals surface area contributed by atoms with Crippen LogP contribution in [0.15, 0.2) is 76.7 Å². The summed E-state index contributed by atoms with van der Waals surface area (Å²) in [6.45, 7) is 0. The average molecular weight is 412 g/mol. The van der Waals surface area contributed by atoms with Crippen molar-refractivity contribution in [2.45, 2.75) is 0 Å². The zero-order valence-corrected chi connectivity index (χ0v) is 16.4. The molecule has 152 valence electrons. The van der Waals surface area contributed by atoms with E-state index in [0.717, 1.165) is 22.5 Å². The highest BCUT2D eigenvalue weighted by atomic mass is 16.5. The van der Waals surface area contributed by atoms with Crippen molar-refractivity contribution in [3.05, 3.63) is 83.3 Å². The predicted octanol–water partition coefficient (Wildman–Crippen LogP) is 4.03. The largest absolute Gasteiger partial charge is 0.465 e.